The van der Waals surface area contributed by atoms with Crippen LogP contribution < -0.4 is 10.6 Å². The van der Waals surface area contributed by atoms with Gasteiger partial charge in [-0.15, -0.1) is 0 Å². The quantitative estimate of drug-likeness (QED) is 0.811. The molecule has 1 aromatic rings. The molecule has 4 amide bonds. The molecule has 0 aliphatic carbocycles. The van der Waals surface area contributed by atoms with E-state index in [1.165, 1.54) is 0 Å². The Kier molecular flexibility index (Phi) is 4.94. The van der Waals surface area contributed by atoms with Gasteiger partial charge in [0.05, 0.1) is 0 Å². The second-order valence-electron chi connectivity index (χ2n) is 5.86. The van der Waals surface area contributed by atoms with Crippen molar-refractivity contribution in [2.45, 2.75) is 39.2 Å². The van der Waals surface area contributed by atoms with Crippen molar-refractivity contribution in [1.29, 1.82) is 0 Å². The minimum atomic E-state index is -0.932. The molecule has 124 valence electrons. The van der Waals surface area contributed by atoms with Crippen LogP contribution in [-0.2, 0) is 9.59 Å². The lowest BCUT2D eigenvalue weighted by atomic mass is 9.96. The van der Waals surface area contributed by atoms with Crippen LogP contribution in [0.25, 0.3) is 0 Å². The molecule has 6 nitrogen and oxygen atoms in total. The van der Waals surface area contributed by atoms with Gasteiger partial charge in [0.1, 0.15) is 12.1 Å². The van der Waals surface area contributed by atoms with Gasteiger partial charge in [-0.1, -0.05) is 31.0 Å². The highest BCUT2D eigenvalue weighted by Crippen LogP contribution is 2.24. The molecule has 2 rings (SSSR count). The number of urea groups is 1. The summed E-state index contributed by atoms with van der Waals surface area (Å²) in [6, 6.07) is 4.62. The van der Waals surface area contributed by atoms with Crippen LogP contribution in [-0.4, -0.2) is 34.8 Å². The molecule has 1 unspecified atom stereocenters. The molecule has 1 aromatic carbocycles. The van der Waals surface area contributed by atoms with Gasteiger partial charge in [-0.3, -0.25) is 14.5 Å². The zero-order valence-corrected chi connectivity index (χ0v) is 14.2. The lowest BCUT2D eigenvalue weighted by Crippen LogP contribution is -2.44. The van der Waals surface area contributed by atoms with E-state index in [1.807, 2.05) is 6.92 Å². The monoisotopic (exact) mass is 337 g/mol. The van der Waals surface area contributed by atoms with E-state index in [2.05, 4.69) is 10.6 Å². The van der Waals surface area contributed by atoms with E-state index in [4.69, 9.17) is 11.6 Å². The van der Waals surface area contributed by atoms with Gasteiger partial charge in [0.25, 0.3) is 5.91 Å². The zero-order valence-electron chi connectivity index (χ0n) is 13.4. The Morgan fingerprint density at radius 2 is 2.09 bits per heavy atom. The fourth-order valence-corrected chi connectivity index (χ4v) is 2.81. The summed E-state index contributed by atoms with van der Waals surface area (Å²) in [5.74, 6) is -0.818. The number of carbonyl (C=O) groups excluding carboxylic acids is 3. The summed E-state index contributed by atoms with van der Waals surface area (Å²) in [6.45, 7) is 5.07. The largest absolute Gasteiger partial charge is 0.325 e. The number of hydrogen-bond acceptors (Lipinski definition) is 3. The Bertz CT molecular complexity index is 662. The van der Waals surface area contributed by atoms with Crippen molar-refractivity contribution in [3.63, 3.8) is 0 Å². The summed E-state index contributed by atoms with van der Waals surface area (Å²) >= 11 is 6.01. The second kappa shape index (κ2) is 6.58. The Morgan fingerprint density at radius 1 is 1.39 bits per heavy atom. The van der Waals surface area contributed by atoms with Gasteiger partial charge in [-0.25, -0.2) is 4.79 Å². The van der Waals surface area contributed by atoms with Crippen LogP contribution in [0.1, 0.15) is 32.3 Å². The number of nitrogens with one attached hydrogen (secondary N) is 2. The van der Waals surface area contributed by atoms with Crippen molar-refractivity contribution in [3.05, 3.63) is 28.8 Å². The lowest BCUT2D eigenvalue weighted by Gasteiger charge is -2.20. The van der Waals surface area contributed by atoms with Crippen molar-refractivity contribution in [2.75, 3.05) is 11.9 Å². The Balaban J connectivity index is 2.07. The first-order valence-corrected chi connectivity index (χ1v) is 7.85. The van der Waals surface area contributed by atoms with Crippen LogP contribution in [0.3, 0.4) is 0 Å². The fraction of sp³-hybridized carbons (Fsp3) is 0.438. The number of benzene rings is 1. The third-order valence-corrected chi connectivity index (χ3v) is 4.35. The summed E-state index contributed by atoms with van der Waals surface area (Å²) in [7, 11) is 0. The number of rotatable bonds is 5. The minimum Gasteiger partial charge on any atom is -0.324 e. The maximum Gasteiger partial charge on any atom is 0.325 e. The van der Waals surface area contributed by atoms with E-state index in [0.29, 0.717) is 17.1 Å². The number of carbonyl (C=O) groups is 3. The van der Waals surface area contributed by atoms with Crippen LogP contribution in [0.4, 0.5) is 10.5 Å². The third kappa shape index (κ3) is 3.47. The van der Waals surface area contributed by atoms with Gasteiger partial charge in [0.2, 0.25) is 5.91 Å². The normalized spacial score (nSPS) is 20.6. The first-order valence-electron chi connectivity index (χ1n) is 7.47. The molecule has 7 heteroatoms. The highest BCUT2D eigenvalue weighted by molar-refractivity contribution is 6.31. The standard InChI is InChI=1S/C16H20ClN3O3/c1-4-8-16(3)14(22)20(15(23)19-16)9-13(21)18-12-7-5-6-11(17)10(12)2/h5-7H,4,8-9H2,1-3H3,(H,18,21)(H,19,23). The summed E-state index contributed by atoms with van der Waals surface area (Å²) in [5, 5.41) is 5.87. The van der Waals surface area contributed by atoms with Crippen LogP contribution in [0, 0.1) is 6.92 Å². The fourth-order valence-electron chi connectivity index (χ4n) is 2.64. The summed E-state index contributed by atoms with van der Waals surface area (Å²) in [6.07, 6.45) is 1.29. The Hall–Kier alpha value is -2.08. The maximum absolute atomic E-state index is 12.4. The molecule has 0 radical (unpaired) electrons. The topological polar surface area (TPSA) is 78.5 Å². The smallest absolute Gasteiger partial charge is 0.324 e. The van der Waals surface area contributed by atoms with Gasteiger partial charge in [0.15, 0.2) is 0 Å². The van der Waals surface area contributed by atoms with Gasteiger partial charge >= 0.3 is 6.03 Å². The highest BCUT2D eigenvalue weighted by atomic mass is 35.5. The zero-order chi connectivity index (χ0) is 17.2. The van der Waals surface area contributed by atoms with E-state index >= 15 is 0 Å². The average molecular weight is 338 g/mol. The lowest BCUT2D eigenvalue weighted by molar-refractivity contribution is -0.133. The van der Waals surface area contributed by atoms with Crippen molar-refractivity contribution >= 4 is 35.1 Å². The van der Waals surface area contributed by atoms with Crippen molar-refractivity contribution in [3.8, 4) is 0 Å². The molecule has 0 bridgehead atoms. The molecule has 2 N–H and O–H groups in total. The van der Waals surface area contributed by atoms with E-state index in [1.54, 1.807) is 32.0 Å². The molecule has 1 atom stereocenters. The first kappa shape index (κ1) is 17.3. The number of imide groups is 1. The van der Waals surface area contributed by atoms with Gasteiger partial charge in [-0.2, -0.15) is 0 Å². The van der Waals surface area contributed by atoms with Crippen LogP contribution in [0.5, 0.6) is 0 Å². The predicted molar refractivity (Wildman–Crippen MR) is 88.4 cm³/mol. The number of anilines is 1. The SMILES string of the molecule is CCCC1(C)NC(=O)N(CC(=O)Nc2cccc(Cl)c2C)C1=O. The van der Waals surface area contributed by atoms with Crippen molar-refractivity contribution in [1.82, 2.24) is 10.2 Å². The van der Waals surface area contributed by atoms with E-state index in [-0.39, 0.29) is 12.5 Å². The van der Waals surface area contributed by atoms with Gasteiger partial charge in [0, 0.05) is 10.7 Å². The minimum absolute atomic E-state index is 0.323. The van der Waals surface area contributed by atoms with Crippen LogP contribution in [0.15, 0.2) is 18.2 Å². The third-order valence-electron chi connectivity index (χ3n) is 3.94. The highest BCUT2D eigenvalue weighted by Gasteiger charge is 2.47. The van der Waals surface area contributed by atoms with E-state index in [9.17, 15) is 14.4 Å². The second-order valence-corrected chi connectivity index (χ2v) is 6.27. The number of amides is 4. The van der Waals surface area contributed by atoms with E-state index < -0.39 is 17.5 Å². The van der Waals surface area contributed by atoms with Gasteiger partial charge in [-0.05, 0) is 38.0 Å². The van der Waals surface area contributed by atoms with Crippen LogP contribution >= 0.6 is 11.6 Å². The number of hydrogen-bond donors (Lipinski definition) is 2. The molecule has 23 heavy (non-hydrogen) atoms. The molecule has 1 aliphatic rings. The Labute approximate surface area is 140 Å². The molecular formula is C16H20ClN3O3. The predicted octanol–water partition coefficient (Wildman–Crippen LogP) is 2.70. The van der Waals surface area contributed by atoms with Crippen molar-refractivity contribution < 1.29 is 14.4 Å². The van der Waals surface area contributed by atoms with Crippen LogP contribution in [0.2, 0.25) is 5.02 Å². The first-order chi connectivity index (χ1) is 10.8. The molecule has 0 spiro atoms. The molecule has 1 fully saturated rings. The average Bonchev–Trinajstić information content (AvgIpc) is 2.68. The maximum atomic E-state index is 12.4. The Morgan fingerprint density at radius 3 is 2.74 bits per heavy atom. The summed E-state index contributed by atoms with van der Waals surface area (Å²) in [4.78, 5) is 37.5. The molecule has 1 saturated heterocycles. The molecule has 1 heterocycles. The number of nitrogens with zero attached hydrogens (tertiary/aromatic N) is 1. The van der Waals surface area contributed by atoms with Gasteiger partial charge < -0.3 is 10.6 Å². The number of halogens is 1. The van der Waals surface area contributed by atoms with Crippen molar-refractivity contribution in [2.24, 2.45) is 0 Å². The molecule has 0 saturated carbocycles. The summed E-state index contributed by atoms with van der Waals surface area (Å²) < 4.78 is 0. The van der Waals surface area contributed by atoms with E-state index in [0.717, 1.165) is 16.9 Å². The molecule has 1 aliphatic heterocycles. The molecule has 0 aromatic heterocycles. The summed E-state index contributed by atoms with van der Waals surface area (Å²) in [5.41, 5.74) is 0.361. The molecular weight excluding hydrogens is 318 g/mol.